The van der Waals surface area contributed by atoms with E-state index < -0.39 is 0 Å². The summed E-state index contributed by atoms with van der Waals surface area (Å²) in [5.74, 6) is 1.20. The van der Waals surface area contributed by atoms with E-state index in [-0.39, 0.29) is 5.54 Å². The Labute approximate surface area is 88.4 Å². The summed E-state index contributed by atoms with van der Waals surface area (Å²) >= 11 is 0. The zero-order valence-electron chi connectivity index (χ0n) is 10.6. The van der Waals surface area contributed by atoms with Crippen LogP contribution in [0.3, 0.4) is 0 Å². The van der Waals surface area contributed by atoms with E-state index in [1.165, 1.54) is 0 Å². The predicted octanol–water partition coefficient (Wildman–Crippen LogP) is 2.08. The number of hydrogen-bond acceptors (Lipinski definition) is 1. The molecule has 0 spiro atoms. The monoisotopic (exact) mass is 199 g/mol. The Hall–Kier alpha value is -0.730. The molecule has 3 heteroatoms. The van der Waals surface area contributed by atoms with Crippen molar-refractivity contribution in [2.45, 2.75) is 53.1 Å². The summed E-state index contributed by atoms with van der Waals surface area (Å²) in [4.78, 5) is 6.47. The fourth-order valence-electron chi connectivity index (χ4n) is 1.08. The van der Waals surface area contributed by atoms with Crippen LogP contribution in [-0.2, 0) is 0 Å². The summed E-state index contributed by atoms with van der Waals surface area (Å²) < 4.78 is 0. The van der Waals surface area contributed by atoms with Crippen LogP contribution in [0.2, 0.25) is 0 Å². The molecule has 0 aliphatic rings. The summed E-state index contributed by atoms with van der Waals surface area (Å²) in [6, 6.07) is 0.418. The van der Waals surface area contributed by atoms with Gasteiger partial charge in [0, 0.05) is 13.1 Å². The SMILES string of the molecule is CC(C)C(C)N(C)C(N)=NC(C)(C)C. The Balaban J connectivity index is 4.54. The van der Waals surface area contributed by atoms with Gasteiger partial charge in [-0.15, -0.1) is 0 Å². The van der Waals surface area contributed by atoms with Gasteiger partial charge in [-0.1, -0.05) is 13.8 Å². The average molecular weight is 199 g/mol. The first-order valence-corrected chi connectivity index (χ1v) is 5.23. The maximum absolute atomic E-state index is 5.92. The standard InChI is InChI=1S/C11H25N3/c1-8(2)9(3)14(7)10(12)13-11(4,5)6/h8-9H,1-7H3,(H2,12,13). The van der Waals surface area contributed by atoms with Gasteiger partial charge in [0.25, 0.3) is 0 Å². The van der Waals surface area contributed by atoms with Gasteiger partial charge in [0.05, 0.1) is 5.54 Å². The molecule has 0 saturated heterocycles. The highest BCUT2D eigenvalue weighted by molar-refractivity contribution is 5.78. The van der Waals surface area contributed by atoms with Crippen LogP contribution in [0.1, 0.15) is 41.5 Å². The van der Waals surface area contributed by atoms with E-state index in [1.807, 2.05) is 32.7 Å². The Morgan fingerprint density at radius 1 is 1.21 bits per heavy atom. The molecular weight excluding hydrogens is 174 g/mol. The van der Waals surface area contributed by atoms with Gasteiger partial charge in [-0.05, 0) is 33.6 Å². The van der Waals surface area contributed by atoms with Gasteiger partial charge in [-0.3, -0.25) is 0 Å². The van der Waals surface area contributed by atoms with Crippen molar-refractivity contribution in [2.24, 2.45) is 16.6 Å². The summed E-state index contributed by atoms with van der Waals surface area (Å²) in [7, 11) is 2.00. The second-order valence-electron chi connectivity index (χ2n) is 5.24. The van der Waals surface area contributed by atoms with Crippen molar-refractivity contribution in [3.05, 3.63) is 0 Å². The Bertz CT molecular complexity index is 201. The molecule has 1 unspecified atom stereocenters. The van der Waals surface area contributed by atoms with Gasteiger partial charge in [-0.25, -0.2) is 4.99 Å². The molecule has 2 N–H and O–H groups in total. The minimum atomic E-state index is -0.102. The summed E-state index contributed by atoms with van der Waals surface area (Å²) in [5.41, 5.74) is 5.82. The number of hydrogen-bond donors (Lipinski definition) is 1. The van der Waals surface area contributed by atoms with E-state index in [0.29, 0.717) is 17.9 Å². The Kier molecular flexibility index (Phi) is 4.43. The topological polar surface area (TPSA) is 41.6 Å². The lowest BCUT2D eigenvalue weighted by molar-refractivity contribution is 0.303. The van der Waals surface area contributed by atoms with Crippen LogP contribution in [0, 0.1) is 5.92 Å². The van der Waals surface area contributed by atoms with Crippen molar-refractivity contribution >= 4 is 5.96 Å². The first kappa shape index (κ1) is 13.3. The van der Waals surface area contributed by atoms with Crippen molar-refractivity contribution < 1.29 is 0 Å². The van der Waals surface area contributed by atoms with Crippen molar-refractivity contribution in [3.8, 4) is 0 Å². The molecule has 0 aromatic rings. The van der Waals surface area contributed by atoms with E-state index in [4.69, 9.17) is 5.73 Å². The van der Waals surface area contributed by atoms with Gasteiger partial charge in [-0.2, -0.15) is 0 Å². The highest BCUT2D eigenvalue weighted by Crippen LogP contribution is 2.11. The second kappa shape index (κ2) is 4.67. The Morgan fingerprint density at radius 2 is 1.64 bits per heavy atom. The van der Waals surface area contributed by atoms with Crippen molar-refractivity contribution in [3.63, 3.8) is 0 Å². The van der Waals surface area contributed by atoms with Crippen LogP contribution in [-0.4, -0.2) is 29.5 Å². The number of nitrogens with zero attached hydrogens (tertiary/aromatic N) is 2. The summed E-state index contributed by atoms with van der Waals surface area (Å²) in [6.45, 7) is 12.7. The van der Waals surface area contributed by atoms with Gasteiger partial charge < -0.3 is 10.6 Å². The second-order valence-corrected chi connectivity index (χ2v) is 5.24. The lowest BCUT2D eigenvalue weighted by Crippen LogP contribution is -2.44. The van der Waals surface area contributed by atoms with Crippen molar-refractivity contribution in [2.75, 3.05) is 7.05 Å². The molecule has 0 aliphatic carbocycles. The molecular formula is C11H25N3. The lowest BCUT2D eigenvalue weighted by Gasteiger charge is -2.30. The maximum atomic E-state index is 5.92. The molecule has 0 aromatic heterocycles. The van der Waals surface area contributed by atoms with E-state index in [1.54, 1.807) is 0 Å². The Morgan fingerprint density at radius 3 is 1.93 bits per heavy atom. The third-order valence-corrected chi connectivity index (χ3v) is 2.39. The molecule has 0 amide bonds. The molecule has 0 heterocycles. The third-order valence-electron chi connectivity index (χ3n) is 2.39. The summed E-state index contributed by atoms with van der Waals surface area (Å²) in [6.07, 6.45) is 0. The molecule has 3 nitrogen and oxygen atoms in total. The zero-order valence-corrected chi connectivity index (χ0v) is 10.6. The van der Waals surface area contributed by atoms with Crippen molar-refractivity contribution in [1.82, 2.24) is 4.90 Å². The minimum Gasteiger partial charge on any atom is -0.370 e. The van der Waals surface area contributed by atoms with E-state index in [2.05, 4.69) is 25.8 Å². The molecule has 0 aromatic carbocycles. The van der Waals surface area contributed by atoms with Crippen LogP contribution < -0.4 is 5.73 Å². The number of nitrogens with two attached hydrogens (primary N) is 1. The maximum Gasteiger partial charge on any atom is 0.191 e. The molecule has 0 aliphatic heterocycles. The fraction of sp³-hybridized carbons (Fsp3) is 0.909. The third kappa shape index (κ3) is 4.49. The quantitative estimate of drug-likeness (QED) is 0.546. The molecule has 14 heavy (non-hydrogen) atoms. The zero-order chi connectivity index (χ0) is 11.5. The molecule has 0 bridgehead atoms. The van der Waals surface area contributed by atoms with E-state index in [9.17, 15) is 0 Å². The van der Waals surface area contributed by atoms with E-state index >= 15 is 0 Å². The average Bonchev–Trinajstić information content (AvgIpc) is 1.98. The number of guanidine groups is 1. The minimum absolute atomic E-state index is 0.102. The van der Waals surface area contributed by atoms with Crippen LogP contribution >= 0.6 is 0 Å². The first-order chi connectivity index (χ1) is 6.15. The highest BCUT2D eigenvalue weighted by atomic mass is 15.3. The number of aliphatic imine (C=N–C) groups is 1. The molecule has 0 saturated carbocycles. The van der Waals surface area contributed by atoms with Crippen LogP contribution in [0.5, 0.6) is 0 Å². The molecule has 0 fully saturated rings. The predicted molar refractivity (Wildman–Crippen MR) is 63.4 cm³/mol. The van der Waals surface area contributed by atoms with Gasteiger partial charge in [0.15, 0.2) is 5.96 Å². The molecule has 0 radical (unpaired) electrons. The van der Waals surface area contributed by atoms with Crippen LogP contribution in [0.15, 0.2) is 4.99 Å². The molecule has 0 rings (SSSR count). The van der Waals surface area contributed by atoms with Crippen LogP contribution in [0.25, 0.3) is 0 Å². The van der Waals surface area contributed by atoms with Gasteiger partial charge >= 0.3 is 0 Å². The lowest BCUT2D eigenvalue weighted by atomic mass is 10.1. The van der Waals surface area contributed by atoms with Gasteiger partial charge in [0.2, 0.25) is 0 Å². The fourth-order valence-corrected chi connectivity index (χ4v) is 1.08. The molecule has 84 valence electrons. The number of rotatable bonds is 2. The molecule has 1 atom stereocenters. The summed E-state index contributed by atoms with van der Waals surface area (Å²) in [5, 5.41) is 0. The normalized spacial score (nSPS) is 15.9. The largest absolute Gasteiger partial charge is 0.370 e. The van der Waals surface area contributed by atoms with Crippen molar-refractivity contribution in [1.29, 1.82) is 0 Å². The van der Waals surface area contributed by atoms with Crippen LogP contribution in [0.4, 0.5) is 0 Å². The van der Waals surface area contributed by atoms with E-state index in [0.717, 1.165) is 0 Å². The smallest absolute Gasteiger partial charge is 0.191 e. The first-order valence-electron chi connectivity index (χ1n) is 5.23. The van der Waals surface area contributed by atoms with Gasteiger partial charge in [0.1, 0.15) is 0 Å². The highest BCUT2D eigenvalue weighted by Gasteiger charge is 2.17.